The number of aromatic amines is 1. The summed E-state index contributed by atoms with van der Waals surface area (Å²) in [6.07, 6.45) is 3.54. The Kier molecular flexibility index (Phi) is 4.42. The van der Waals surface area contributed by atoms with Crippen molar-refractivity contribution in [2.75, 3.05) is 11.4 Å². The average Bonchev–Trinajstić information content (AvgIpc) is 3.47. The van der Waals surface area contributed by atoms with Crippen LogP contribution in [0.1, 0.15) is 30.1 Å². The van der Waals surface area contributed by atoms with Crippen molar-refractivity contribution in [1.82, 2.24) is 30.1 Å². The highest BCUT2D eigenvalue weighted by Gasteiger charge is 2.32. The normalized spacial score (nSPS) is 16.3. The Bertz CT molecular complexity index is 1260. The number of hydrogen-bond acceptors (Lipinski definition) is 7. The molecule has 4 heterocycles. The molecule has 152 valence electrons. The summed E-state index contributed by atoms with van der Waals surface area (Å²) in [6.45, 7) is 2.90. The van der Waals surface area contributed by atoms with Gasteiger partial charge in [-0.15, -0.1) is 10.2 Å². The van der Waals surface area contributed by atoms with E-state index < -0.39 is 0 Å². The highest BCUT2D eigenvalue weighted by molar-refractivity contribution is 5.59. The van der Waals surface area contributed by atoms with Crippen LogP contribution in [-0.2, 0) is 7.05 Å². The fourth-order valence-electron chi connectivity index (χ4n) is 4.01. The van der Waals surface area contributed by atoms with Gasteiger partial charge in [0, 0.05) is 36.9 Å². The van der Waals surface area contributed by atoms with Crippen molar-refractivity contribution in [3.05, 3.63) is 64.2 Å². The molecule has 30 heavy (non-hydrogen) atoms. The third-order valence-electron chi connectivity index (χ3n) is 5.46. The van der Waals surface area contributed by atoms with Crippen molar-refractivity contribution in [3.8, 4) is 22.7 Å². The van der Waals surface area contributed by atoms with E-state index in [1.807, 2.05) is 29.8 Å². The van der Waals surface area contributed by atoms with Gasteiger partial charge in [-0.3, -0.25) is 9.36 Å². The number of benzene rings is 1. The molecule has 9 heteroatoms. The monoisotopic (exact) mass is 403 g/mol. The Hall–Kier alpha value is -3.75. The summed E-state index contributed by atoms with van der Waals surface area (Å²) >= 11 is 0. The lowest BCUT2D eigenvalue weighted by Gasteiger charge is -2.23. The van der Waals surface area contributed by atoms with E-state index in [9.17, 15) is 4.79 Å². The standard InChI is InChI=1S/C21H21N7O2/c1-13-5-3-6-14(9-13)18-11-16(26-30-18)17-7-4-8-28(17)21-25-24-20(27(21)2)15-10-19(29)23-22-12-15/h3,5-6,9-12,17H,4,7-8H2,1-2H3,(H,23,29)/t17-/m1/s1. The van der Waals surface area contributed by atoms with Crippen molar-refractivity contribution in [1.29, 1.82) is 0 Å². The van der Waals surface area contributed by atoms with Gasteiger partial charge in [-0.05, 0) is 25.8 Å². The molecule has 0 spiro atoms. The van der Waals surface area contributed by atoms with Crippen LogP contribution in [0.15, 0.2) is 51.9 Å². The fraction of sp³-hybridized carbons (Fsp3) is 0.286. The second kappa shape index (κ2) is 7.25. The lowest BCUT2D eigenvalue weighted by molar-refractivity contribution is 0.416. The Balaban J connectivity index is 1.46. The molecular weight excluding hydrogens is 382 g/mol. The second-order valence-electron chi connectivity index (χ2n) is 7.55. The molecule has 0 saturated carbocycles. The van der Waals surface area contributed by atoms with Gasteiger partial charge in [-0.25, -0.2) is 5.10 Å². The second-order valence-corrected chi connectivity index (χ2v) is 7.55. The van der Waals surface area contributed by atoms with Crippen molar-refractivity contribution < 1.29 is 4.52 Å². The largest absolute Gasteiger partial charge is 0.356 e. The van der Waals surface area contributed by atoms with E-state index in [4.69, 9.17) is 4.52 Å². The van der Waals surface area contributed by atoms with Crippen LogP contribution in [0.2, 0.25) is 0 Å². The van der Waals surface area contributed by atoms with Crippen LogP contribution in [-0.4, -0.2) is 36.7 Å². The van der Waals surface area contributed by atoms with Crippen molar-refractivity contribution in [2.45, 2.75) is 25.8 Å². The summed E-state index contributed by atoms with van der Waals surface area (Å²) in [5.41, 5.74) is 3.42. The zero-order chi connectivity index (χ0) is 20.7. The first-order valence-corrected chi connectivity index (χ1v) is 9.85. The van der Waals surface area contributed by atoms with E-state index in [-0.39, 0.29) is 11.6 Å². The molecule has 0 amide bonds. The average molecular weight is 403 g/mol. The molecule has 1 aliphatic rings. The lowest BCUT2D eigenvalue weighted by Crippen LogP contribution is -2.25. The smallest absolute Gasteiger partial charge is 0.264 e. The number of nitrogens with one attached hydrogen (secondary N) is 1. The molecule has 5 rings (SSSR count). The van der Waals surface area contributed by atoms with Gasteiger partial charge in [0.2, 0.25) is 5.95 Å². The van der Waals surface area contributed by atoms with Gasteiger partial charge in [0.05, 0.1) is 12.2 Å². The molecule has 0 radical (unpaired) electrons. The van der Waals surface area contributed by atoms with Gasteiger partial charge >= 0.3 is 0 Å². The molecule has 1 atom stereocenters. The molecule has 1 aromatic carbocycles. The minimum atomic E-state index is -0.276. The van der Waals surface area contributed by atoms with Crippen LogP contribution in [0.25, 0.3) is 22.7 Å². The summed E-state index contributed by atoms with van der Waals surface area (Å²) in [7, 11) is 1.89. The predicted octanol–water partition coefficient (Wildman–Crippen LogP) is 2.87. The highest BCUT2D eigenvalue weighted by Crippen LogP contribution is 2.37. The predicted molar refractivity (Wildman–Crippen MR) is 111 cm³/mol. The number of aromatic nitrogens is 6. The summed E-state index contributed by atoms with van der Waals surface area (Å²) in [5.74, 6) is 2.08. The number of hydrogen-bond donors (Lipinski definition) is 1. The van der Waals surface area contributed by atoms with Crippen LogP contribution in [0.3, 0.4) is 0 Å². The van der Waals surface area contributed by atoms with Crippen LogP contribution in [0, 0.1) is 6.92 Å². The van der Waals surface area contributed by atoms with E-state index in [1.54, 1.807) is 6.20 Å². The third-order valence-corrected chi connectivity index (χ3v) is 5.46. The molecule has 1 fully saturated rings. The first-order valence-electron chi connectivity index (χ1n) is 9.85. The van der Waals surface area contributed by atoms with Gasteiger partial charge < -0.3 is 9.42 Å². The molecule has 1 aliphatic heterocycles. The minimum absolute atomic E-state index is 0.0559. The first kappa shape index (κ1) is 18.3. The third kappa shape index (κ3) is 3.18. The maximum atomic E-state index is 11.6. The van der Waals surface area contributed by atoms with E-state index in [0.29, 0.717) is 11.4 Å². The van der Waals surface area contributed by atoms with Gasteiger partial charge in [0.1, 0.15) is 5.69 Å². The van der Waals surface area contributed by atoms with Gasteiger partial charge in [-0.1, -0.05) is 28.9 Å². The molecule has 9 nitrogen and oxygen atoms in total. The molecule has 0 bridgehead atoms. The fourth-order valence-corrected chi connectivity index (χ4v) is 4.01. The number of H-pyrrole nitrogens is 1. The number of nitrogens with zero attached hydrogens (tertiary/aromatic N) is 6. The summed E-state index contributed by atoms with van der Waals surface area (Å²) in [4.78, 5) is 13.8. The van der Waals surface area contributed by atoms with Crippen molar-refractivity contribution >= 4 is 5.95 Å². The summed E-state index contributed by atoms with van der Waals surface area (Å²) in [6, 6.07) is 11.7. The van der Waals surface area contributed by atoms with Gasteiger partial charge in [-0.2, -0.15) is 5.10 Å². The van der Waals surface area contributed by atoms with Crippen molar-refractivity contribution in [2.24, 2.45) is 7.05 Å². The van der Waals surface area contributed by atoms with E-state index in [0.717, 1.165) is 42.4 Å². The molecule has 3 aromatic heterocycles. The minimum Gasteiger partial charge on any atom is -0.356 e. The van der Waals surface area contributed by atoms with Gasteiger partial charge in [0.15, 0.2) is 11.6 Å². The van der Waals surface area contributed by atoms with E-state index in [2.05, 4.69) is 49.5 Å². The lowest BCUT2D eigenvalue weighted by atomic mass is 10.1. The van der Waals surface area contributed by atoms with E-state index >= 15 is 0 Å². The zero-order valence-corrected chi connectivity index (χ0v) is 16.7. The maximum Gasteiger partial charge on any atom is 0.264 e. The molecule has 1 saturated heterocycles. The number of rotatable bonds is 4. The molecular formula is C21H21N7O2. The van der Waals surface area contributed by atoms with Crippen molar-refractivity contribution in [3.63, 3.8) is 0 Å². The van der Waals surface area contributed by atoms with E-state index in [1.165, 1.54) is 11.6 Å². The molecule has 0 unspecified atom stereocenters. The Morgan fingerprint density at radius 3 is 2.90 bits per heavy atom. The maximum absolute atomic E-state index is 11.6. The molecule has 0 aliphatic carbocycles. The zero-order valence-electron chi connectivity index (χ0n) is 16.7. The molecule has 1 N–H and O–H groups in total. The van der Waals surface area contributed by atoms with Gasteiger partial charge in [0.25, 0.3) is 5.56 Å². The summed E-state index contributed by atoms with van der Waals surface area (Å²) < 4.78 is 7.54. The topological polar surface area (TPSA) is 106 Å². The number of anilines is 1. The van der Waals surface area contributed by atoms with Crippen LogP contribution in [0.4, 0.5) is 5.95 Å². The highest BCUT2D eigenvalue weighted by atomic mass is 16.5. The summed E-state index contributed by atoms with van der Waals surface area (Å²) in [5, 5.41) is 19.3. The first-order chi connectivity index (χ1) is 14.6. The SMILES string of the molecule is Cc1cccc(-c2cc([C@H]3CCCN3c3nnc(-c4cn[nH]c(=O)c4)n3C)no2)c1. The Morgan fingerprint density at radius 2 is 2.07 bits per heavy atom. The van der Waals surface area contributed by atoms with Crippen LogP contribution in [0.5, 0.6) is 0 Å². The number of aryl methyl sites for hydroxylation is 1. The molecule has 4 aromatic rings. The Morgan fingerprint density at radius 1 is 1.17 bits per heavy atom. The van der Waals surface area contributed by atoms with Crippen LogP contribution >= 0.6 is 0 Å². The van der Waals surface area contributed by atoms with Crippen LogP contribution < -0.4 is 10.5 Å². The Labute approximate surface area is 172 Å². The quantitative estimate of drug-likeness (QED) is 0.558.